The first-order chi connectivity index (χ1) is 25.1. The maximum absolute atomic E-state index is 15.2. The summed E-state index contributed by atoms with van der Waals surface area (Å²) in [6, 6.07) is 24.2. The molecule has 4 aromatic rings. The van der Waals surface area contributed by atoms with Crippen molar-refractivity contribution in [1.29, 1.82) is 0 Å². The molecule has 2 saturated heterocycles. The molecule has 1 saturated carbocycles. The van der Waals surface area contributed by atoms with Gasteiger partial charge in [-0.15, -0.1) is 0 Å². The molecule has 264 valence electrons. The number of aromatic hydroxyl groups is 1. The molecule has 4 aromatic carbocycles. The van der Waals surface area contributed by atoms with Crippen molar-refractivity contribution >= 4 is 46.6 Å². The summed E-state index contributed by atoms with van der Waals surface area (Å²) in [5, 5.41) is 13.1. The lowest BCUT2D eigenvalue weighted by Crippen LogP contribution is -2.53. The van der Waals surface area contributed by atoms with Gasteiger partial charge in [0.1, 0.15) is 17.3 Å². The van der Waals surface area contributed by atoms with Gasteiger partial charge in [-0.2, -0.15) is 5.01 Å². The highest BCUT2D eigenvalue weighted by Gasteiger charge is 2.70. The lowest BCUT2D eigenvalue weighted by molar-refractivity contribution is -0.138. The second kappa shape index (κ2) is 12.6. The molecule has 2 aliphatic heterocycles. The van der Waals surface area contributed by atoms with Crippen molar-refractivity contribution in [1.82, 2.24) is 5.01 Å². The van der Waals surface area contributed by atoms with E-state index in [9.17, 15) is 23.9 Å². The highest BCUT2D eigenvalue weighted by atomic mass is 35.5. The lowest BCUT2D eigenvalue weighted by Gasteiger charge is -2.50. The van der Waals surface area contributed by atoms with Gasteiger partial charge in [0.25, 0.3) is 11.8 Å². The van der Waals surface area contributed by atoms with Crippen molar-refractivity contribution in [2.24, 2.45) is 23.7 Å². The molecule has 0 aromatic heterocycles. The van der Waals surface area contributed by atoms with Gasteiger partial charge < -0.3 is 9.84 Å². The Hall–Kier alpha value is -5.48. The lowest BCUT2D eigenvalue weighted by atomic mass is 9.49. The number of hydrazine groups is 1. The summed E-state index contributed by atoms with van der Waals surface area (Å²) in [6.07, 6.45) is 3.05. The Kier molecular flexibility index (Phi) is 8.17. The highest BCUT2D eigenvalue weighted by Crippen LogP contribution is 2.65. The standard InChI is InChI=1S/C41H35ClFN3O6/c1-3-22-4-14-27(15-5-22)45-37(48)31-19-18-29-32(35(31)39(45)50)21-33-38(49)46(44-26-12-10-25(43)11-13-26)40(51)41(33,23-6-8-24(42)9-7-23)36(29)30-17-16-28(52-2)20-34(30)47/h4-18,20,31-33,35-36,44,47H,3,19,21H2,1-2H3. The van der Waals surface area contributed by atoms with Crippen LogP contribution in [-0.4, -0.2) is 40.9 Å². The third-order valence-corrected chi connectivity index (χ3v) is 11.7. The molecule has 52 heavy (non-hydrogen) atoms. The summed E-state index contributed by atoms with van der Waals surface area (Å²) in [5.41, 5.74) is 4.74. The van der Waals surface area contributed by atoms with Crippen LogP contribution in [0.5, 0.6) is 11.5 Å². The minimum atomic E-state index is -1.61. The van der Waals surface area contributed by atoms with Gasteiger partial charge in [-0.25, -0.2) is 4.39 Å². The number of nitrogens with zero attached hydrogens (tertiary/aromatic N) is 2. The molecule has 4 amide bonds. The minimum absolute atomic E-state index is 0.0802. The zero-order chi connectivity index (χ0) is 36.5. The first-order valence-corrected chi connectivity index (χ1v) is 17.7. The number of nitrogens with one attached hydrogen (secondary N) is 1. The van der Waals surface area contributed by atoms with Crippen molar-refractivity contribution < 1.29 is 33.4 Å². The van der Waals surface area contributed by atoms with Crippen LogP contribution in [0.15, 0.2) is 103 Å². The Balaban J connectivity index is 1.32. The Morgan fingerprint density at radius 2 is 1.62 bits per heavy atom. The number of phenols is 1. The Morgan fingerprint density at radius 1 is 0.904 bits per heavy atom. The fraction of sp³-hybridized carbons (Fsp3) is 0.268. The number of benzene rings is 4. The van der Waals surface area contributed by atoms with Gasteiger partial charge in [0.15, 0.2) is 0 Å². The van der Waals surface area contributed by atoms with E-state index in [2.05, 4.69) is 5.43 Å². The van der Waals surface area contributed by atoms with E-state index >= 15 is 4.79 Å². The fourth-order valence-electron chi connectivity index (χ4n) is 9.03. The molecule has 4 aliphatic rings. The van der Waals surface area contributed by atoms with Gasteiger partial charge in [-0.3, -0.25) is 29.5 Å². The SMILES string of the molecule is CCc1ccc(N2C(=O)C3CC=C4C(CC5C(=O)N(Nc6ccc(F)cc6)C(=O)C5(c5ccc(Cl)cc5)C4c4ccc(OC)cc4O)C3C2=O)cc1. The van der Waals surface area contributed by atoms with E-state index in [0.717, 1.165) is 17.0 Å². The maximum Gasteiger partial charge on any atom is 0.260 e. The Morgan fingerprint density at radius 3 is 2.27 bits per heavy atom. The van der Waals surface area contributed by atoms with Gasteiger partial charge in [0, 0.05) is 22.6 Å². The van der Waals surface area contributed by atoms with Crippen molar-refractivity contribution in [3.8, 4) is 11.5 Å². The summed E-state index contributed by atoms with van der Waals surface area (Å²) in [6.45, 7) is 2.03. The van der Waals surface area contributed by atoms with Gasteiger partial charge >= 0.3 is 0 Å². The average Bonchev–Trinajstić information content (AvgIpc) is 3.53. The van der Waals surface area contributed by atoms with E-state index in [-0.39, 0.29) is 30.4 Å². The molecular weight excluding hydrogens is 685 g/mol. The number of allylic oxidation sites excluding steroid dienone is 2. The second-order valence-corrected chi connectivity index (χ2v) is 14.3. The van der Waals surface area contributed by atoms with E-state index in [1.807, 2.05) is 25.1 Å². The highest BCUT2D eigenvalue weighted by molar-refractivity contribution is 6.30. The van der Waals surface area contributed by atoms with Crippen molar-refractivity contribution in [3.63, 3.8) is 0 Å². The summed E-state index contributed by atoms with van der Waals surface area (Å²) in [4.78, 5) is 59.8. The number of ether oxygens (including phenoxy) is 1. The summed E-state index contributed by atoms with van der Waals surface area (Å²) < 4.78 is 19.3. The normalized spacial score (nSPS) is 26.5. The van der Waals surface area contributed by atoms with Crippen LogP contribution in [0.3, 0.4) is 0 Å². The molecule has 0 spiro atoms. The topological polar surface area (TPSA) is 116 Å². The van der Waals surface area contributed by atoms with Gasteiger partial charge in [0.2, 0.25) is 11.8 Å². The molecule has 3 fully saturated rings. The van der Waals surface area contributed by atoms with E-state index in [0.29, 0.717) is 38.8 Å². The number of aryl methyl sites for hydroxylation is 1. The number of anilines is 2. The average molecular weight is 720 g/mol. The first kappa shape index (κ1) is 33.7. The number of rotatable bonds is 7. The van der Waals surface area contributed by atoms with E-state index < -0.39 is 52.6 Å². The molecule has 2 aliphatic carbocycles. The van der Waals surface area contributed by atoms with Gasteiger partial charge in [0.05, 0.1) is 41.7 Å². The smallest absolute Gasteiger partial charge is 0.260 e. The van der Waals surface area contributed by atoms with Crippen LogP contribution in [0, 0.1) is 29.5 Å². The van der Waals surface area contributed by atoms with Crippen molar-refractivity contribution in [2.45, 2.75) is 37.5 Å². The molecule has 6 unspecified atom stereocenters. The Bertz CT molecular complexity index is 2150. The van der Waals surface area contributed by atoms with Gasteiger partial charge in [-0.1, -0.05) is 60.5 Å². The number of halogens is 2. The van der Waals surface area contributed by atoms with Crippen LogP contribution in [0.25, 0.3) is 0 Å². The first-order valence-electron chi connectivity index (χ1n) is 17.3. The molecule has 11 heteroatoms. The Labute approximate surface area is 304 Å². The quantitative estimate of drug-likeness (QED) is 0.157. The molecule has 6 atom stereocenters. The van der Waals surface area contributed by atoms with Crippen LogP contribution < -0.4 is 15.1 Å². The molecule has 2 N–H and O–H groups in total. The van der Waals surface area contributed by atoms with Gasteiger partial charge in [-0.05, 0) is 90.9 Å². The molecule has 2 heterocycles. The monoisotopic (exact) mass is 719 g/mol. The predicted molar refractivity (Wildman–Crippen MR) is 192 cm³/mol. The van der Waals surface area contributed by atoms with Crippen LogP contribution >= 0.6 is 11.6 Å². The minimum Gasteiger partial charge on any atom is -0.508 e. The predicted octanol–water partition coefficient (Wildman–Crippen LogP) is 6.95. The maximum atomic E-state index is 15.2. The summed E-state index contributed by atoms with van der Waals surface area (Å²) in [7, 11) is 1.47. The molecule has 8 rings (SSSR count). The summed E-state index contributed by atoms with van der Waals surface area (Å²) in [5.74, 6) is -6.11. The van der Waals surface area contributed by atoms with E-state index in [4.69, 9.17) is 16.3 Å². The molecule has 9 nitrogen and oxygen atoms in total. The van der Waals surface area contributed by atoms with Crippen LogP contribution in [0.1, 0.15) is 42.4 Å². The van der Waals surface area contributed by atoms with Crippen molar-refractivity contribution in [2.75, 3.05) is 17.4 Å². The number of methoxy groups -OCH3 is 1. The largest absolute Gasteiger partial charge is 0.508 e. The third-order valence-electron chi connectivity index (χ3n) is 11.4. The number of fused-ring (bicyclic) bond motifs is 4. The summed E-state index contributed by atoms with van der Waals surface area (Å²) >= 11 is 6.35. The van der Waals surface area contributed by atoms with Crippen LogP contribution in [0.4, 0.5) is 15.8 Å². The number of carbonyl (C=O) groups is 4. The number of phenolic OH excluding ortho intramolecular Hbond substituents is 1. The second-order valence-electron chi connectivity index (χ2n) is 13.8. The molecular formula is C41H35ClFN3O6. The number of imide groups is 2. The zero-order valence-electron chi connectivity index (χ0n) is 28.4. The number of hydrogen-bond donors (Lipinski definition) is 2. The fourth-order valence-corrected chi connectivity index (χ4v) is 9.16. The zero-order valence-corrected chi connectivity index (χ0v) is 29.1. The number of amides is 4. The number of carbonyl (C=O) groups excluding carboxylic acids is 4. The van der Waals surface area contributed by atoms with E-state index in [1.165, 1.54) is 42.3 Å². The van der Waals surface area contributed by atoms with Crippen LogP contribution in [0.2, 0.25) is 5.02 Å². The van der Waals surface area contributed by atoms with Crippen molar-refractivity contribution in [3.05, 3.63) is 130 Å². The number of hydrogen-bond acceptors (Lipinski definition) is 7. The van der Waals surface area contributed by atoms with Crippen LogP contribution in [-0.2, 0) is 31.0 Å². The molecule has 0 bridgehead atoms. The molecule has 0 radical (unpaired) electrons. The van der Waals surface area contributed by atoms with E-state index in [1.54, 1.807) is 48.5 Å². The third kappa shape index (κ3) is 4.95.